The Morgan fingerprint density at radius 1 is 0.600 bits per heavy atom. The zero-order chi connectivity index (χ0) is 47.1. The summed E-state index contributed by atoms with van der Waals surface area (Å²) in [4.78, 5) is 53.8. The molecule has 344 valence electrons. The Hall–Kier alpha value is -5.90. The fourth-order valence-corrected chi connectivity index (χ4v) is 9.05. The lowest BCUT2D eigenvalue weighted by atomic mass is 10.1. The van der Waals surface area contributed by atoms with Crippen LogP contribution >= 0.6 is 15.9 Å². The number of hydrogen-bond donors (Lipinski definition) is 3. The number of carboxylic acids is 2. The molecule has 12 nitrogen and oxygen atoms in total. The Balaban J connectivity index is 0.000000184. The Bertz CT molecular complexity index is 2810. The molecule has 4 aromatic carbocycles. The SMILES string of the molecule is CCn1cc(C(=O)O)c(=O)c2cc(F)c(N3CCN(Cc4cc(C)cc(C)c4)CC3)cc21.CCn1cc(C(=O)O)c(=O)c2cc(F)c(N3CCNCC3)cc21.Cc1cc(C)cc(CBr)c1. The van der Waals surface area contributed by atoms with Crippen molar-refractivity contribution in [3.63, 3.8) is 0 Å². The topological polar surface area (TPSA) is 140 Å². The van der Waals surface area contributed by atoms with E-state index in [4.69, 9.17) is 5.11 Å². The molecule has 2 aliphatic heterocycles. The molecule has 65 heavy (non-hydrogen) atoms. The number of benzene rings is 4. The number of anilines is 2. The van der Waals surface area contributed by atoms with Gasteiger partial charge in [-0.2, -0.15) is 0 Å². The van der Waals surface area contributed by atoms with Gasteiger partial charge in [-0.3, -0.25) is 14.5 Å². The van der Waals surface area contributed by atoms with Crippen LogP contribution in [0.2, 0.25) is 0 Å². The molecule has 0 saturated carbocycles. The van der Waals surface area contributed by atoms with Crippen LogP contribution in [0, 0.1) is 39.3 Å². The molecule has 0 aliphatic carbocycles. The number of halogens is 3. The van der Waals surface area contributed by atoms with Crippen LogP contribution < -0.4 is 26.0 Å². The van der Waals surface area contributed by atoms with Crippen molar-refractivity contribution >= 4 is 61.0 Å². The second-order valence-electron chi connectivity index (χ2n) is 16.7. The molecule has 0 radical (unpaired) electrons. The number of aryl methyl sites for hydroxylation is 6. The number of alkyl halides is 1. The van der Waals surface area contributed by atoms with Gasteiger partial charge in [0.1, 0.15) is 22.8 Å². The lowest BCUT2D eigenvalue weighted by molar-refractivity contribution is 0.0684. The smallest absolute Gasteiger partial charge is 0.341 e. The van der Waals surface area contributed by atoms with Crippen molar-refractivity contribution in [3.05, 3.63) is 150 Å². The molecule has 0 bridgehead atoms. The van der Waals surface area contributed by atoms with Gasteiger partial charge in [0.15, 0.2) is 0 Å². The molecule has 6 aromatic rings. The molecule has 3 N–H and O–H groups in total. The molecule has 2 saturated heterocycles. The van der Waals surface area contributed by atoms with Crippen LogP contribution in [0.4, 0.5) is 20.2 Å². The second kappa shape index (κ2) is 21.4. The summed E-state index contributed by atoms with van der Waals surface area (Å²) in [6.45, 7) is 19.9. The number of aromatic nitrogens is 2. The highest BCUT2D eigenvalue weighted by Gasteiger charge is 2.24. The summed E-state index contributed by atoms with van der Waals surface area (Å²) in [6, 6.07) is 18.8. The third kappa shape index (κ3) is 11.5. The average molecular weight is 956 g/mol. The minimum absolute atomic E-state index is 0.0986. The average Bonchev–Trinajstić information content (AvgIpc) is 3.27. The number of nitrogens with one attached hydrogen (secondary N) is 1. The molecular formula is C50H57BrF2N6O6. The van der Waals surface area contributed by atoms with Gasteiger partial charge in [-0.1, -0.05) is 74.6 Å². The van der Waals surface area contributed by atoms with E-state index in [0.29, 0.717) is 61.7 Å². The highest BCUT2D eigenvalue weighted by Crippen LogP contribution is 2.28. The number of hydrogen-bond acceptors (Lipinski definition) is 8. The highest BCUT2D eigenvalue weighted by molar-refractivity contribution is 9.08. The van der Waals surface area contributed by atoms with Gasteiger partial charge in [-0.25, -0.2) is 18.4 Å². The van der Waals surface area contributed by atoms with E-state index >= 15 is 4.39 Å². The van der Waals surface area contributed by atoms with Crippen LogP contribution in [0.1, 0.15) is 67.9 Å². The van der Waals surface area contributed by atoms with Crippen LogP contribution in [0.5, 0.6) is 0 Å². The standard InChI is InChI=1S/C25H28FN3O3.C16H18FN3O3.C9H11Br/c1-4-28-15-20(25(31)32)24(30)19-12-21(26)23(13-22(19)28)29-7-5-27(6-8-29)14-18-10-16(2)9-17(3)11-18;1-2-19-9-11(16(22)23)15(21)10-7-12(17)14(8-13(10)19)20-5-3-18-4-6-20;1-7-3-8(2)5-9(4-7)6-10/h9-13,15H,4-8,14H2,1-3H3,(H,31,32);7-9,18H,2-6H2,1H3,(H,22,23);3-5H,6H2,1-2H3. The highest BCUT2D eigenvalue weighted by atomic mass is 79.9. The molecule has 0 amide bonds. The lowest BCUT2D eigenvalue weighted by Crippen LogP contribution is -2.46. The largest absolute Gasteiger partial charge is 0.477 e. The van der Waals surface area contributed by atoms with Gasteiger partial charge in [0.25, 0.3) is 0 Å². The second-order valence-corrected chi connectivity index (χ2v) is 17.3. The van der Waals surface area contributed by atoms with E-state index in [0.717, 1.165) is 44.1 Å². The zero-order valence-electron chi connectivity index (χ0n) is 37.8. The fraction of sp³-hybridized carbons (Fsp3) is 0.360. The van der Waals surface area contributed by atoms with Gasteiger partial charge < -0.3 is 34.5 Å². The summed E-state index contributed by atoms with van der Waals surface area (Å²) in [7, 11) is 0. The minimum Gasteiger partial charge on any atom is -0.477 e. The number of carboxylic acid groups (broad SMARTS) is 2. The number of aromatic carboxylic acids is 2. The van der Waals surface area contributed by atoms with Crippen molar-refractivity contribution in [1.82, 2.24) is 19.4 Å². The molecule has 2 fully saturated rings. The maximum atomic E-state index is 15.0. The first kappa shape index (κ1) is 48.6. The maximum absolute atomic E-state index is 15.0. The summed E-state index contributed by atoms with van der Waals surface area (Å²) >= 11 is 3.43. The number of rotatable bonds is 9. The Kier molecular flexibility index (Phi) is 16.0. The summed E-state index contributed by atoms with van der Waals surface area (Å²) in [5.74, 6) is -3.60. The first-order valence-corrected chi connectivity index (χ1v) is 23.0. The molecule has 15 heteroatoms. The van der Waals surface area contributed by atoms with Crippen molar-refractivity contribution in [2.45, 2.75) is 66.5 Å². The number of carbonyl (C=O) groups is 2. The molecule has 2 aromatic heterocycles. The molecule has 8 rings (SSSR count). The van der Waals surface area contributed by atoms with Gasteiger partial charge >= 0.3 is 11.9 Å². The zero-order valence-corrected chi connectivity index (χ0v) is 39.4. The number of piperazine rings is 2. The molecule has 0 unspecified atom stereocenters. The monoisotopic (exact) mass is 954 g/mol. The number of nitrogens with zero attached hydrogens (tertiary/aromatic N) is 5. The van der Waals surface area contributed by atoms with E-state index in [1.165, 1.54) is 51.8 Å². The quantitative estimate of drug-likeness (QED) is 0.121. The van der Waals surface area contributed by atoms with E-state index < -0.39 is 34.4 Å². The minimum atomic E-state index is -1.30. The summed E-state index contributed by atoms with van der Waals surface area (Å²) in [6.07, 6.45) is 2.67. The number of pyridine rings is 2. The normalized spacial score (nSPS) is 14.2. The molecule has 4 heterocycles. The predicted molar refractivity (Wildman–Crippen MR) is 259 cm³/mol. The van der Waals surface area contributed by atoms with Crippen molar-refractivity contribution in [3.8, 4) is 0 Å². The lowest BCUT2D eigenvalue weighted by Gasteiger charge is -2.36. The third-order valence-corrected chi connectivity index (χ3v) is 12.4. The third-order valence-electron chi connectivity index (χ3n) is 11.7. The predicted octanol–water partition coefficient (Wildman–Crippen LogP) is 8.26. The molecule has 0 spiro atoms. The van der Waals surface area contributed by atoms with Crippen molar-refractivity contribution in [1.29, 1.82) is 0 Å². The van der Waals surface area contributed by atoms with Gasteiger partial charge in [-0.15, -0.1) is 0 Å². The Labute approximate surface area is 385 Å². The Morgan fingerprint density at radius 3 is 1.38 bits per heavy atom. The van der Waals surface area contributed by atoms with Crippen molar-refractivity contribution in [2.24, 2.45) is 0 Å². The van der Waals surface area contributed by atoms with Crippen molar-refractivity contribution < 1.29 is 28.6 Å². The van der Waals surface area contributed by atoms with Gasteiger partial charge in [0, 0.05) is 100 Å². The maximum Gasteiger partial charge on any atom is 0.341 e. The van der Waals surface area contributed by atoms with Crippen LogP contribution in [0.3, 0.4) is 0 Å². The summed E-state index contributed by atoms with van der Waals surface area (Å²) in [5, 5.41) is 22.8. The van der Waals surface area contributed by atoms with Crippen molar-refractivity contribution in [2.75, 3.05) is 62.2 Å². The number of fused-ring (bicyclic) bond motifs is 2. The molecule has 0 atom stereocenters. The van der Waals surface area contributed by atoms with Gasteiger partial charge in [0.2, 0.25) is 10.9 Å². The first-order chi connectivity index (χ1) is 31.0. The van der Waals surface area contributed by atoms with Crippen LogP contribution in [-0.2, 0) is 25.0 Å². The van der Waals surface area contributed by atoms with Crippen LogP contribution in [0.15, 0.2) is 82.6 Å². The first-order valence-electron chi connectivity index (χ1n) is 21.8. The fourth-order valence-electron chi connectivity index (χ4n) is 8.73. The van der Waals surface area contributed by atoms with Gasteiger partial charge in [-0.05, 0) is 76.9 Å². The molecule has 2 aliphatic rings. The molecular weight excluding hydrogens is 898 g/mol. The summed E-state index contributed by atoms with van der Waals surface area (Å²) < 4.78 is 32.9. The van der Waals surface area contributed by atoms with Gasteiger partial charge in [0.05, 0.1) is 22.4 Å². The van der Waals surface area contributed by atoms with Crippen LogP contribution in [0.25, 0.3) is 21.8 Å². The van der Waals surface area contributed by atoms with Crippen LogP contribution in [-0.4, -0.2) is 88.5 Å². The van der Waals surface area contributed by atoms with E-state index in [1.807, 2.05) is 23.6 Å². The van der Waals surface area contributed by atoms with E-state index in [-0.39, 0.29) is 21.9 Å². The van der Waals surface area contributed by atoms with E-state index in [9.17, 15) is 28.7 Å². The summed E-state index contributed by atoms with van der Waals surface area (Å²) in [5.41, 5.74) is 7.86. The Morgan fingerprint density at radius 2 is 1.00 bits per heavy atom. The van der Waals surface area contributed by atoms with E-state index in [2.05, 4.69) is 90.2 Å². The van der Waals surface area contributed by atoms with E-state index in [1.54, 1.807) is 21.3 Å².